The molecule has 0 saturated heterocycles. The lowest BCUT2D eigenvalue weighted by atomic mass is 10.1. The summed E-state index contributed by atoms with van der Waals surface area (Å²) in [5, 5.41) is 0.411. The summed E-state index contributed by atoms with van der Waals surface area (Å²) in [5.74, 6) is 0.898. The first-order chi connectivity index (χ1) is 8.96. The van der Waals surface area contributed by atoms with Crippen LogP contribution in [0, 0.1) is 12.8 Å². The summed E-state index contributed by atoms with van der Waals surface area (Å²) in [4.78, 5) is 8.27. The fraction of sp³-hybridized carbons (Fsp3) is 0.600. The Morgan fingerprint density at radius 3 is 2.42 bits per heavy atom. The van der Waals surface area contributed by atoms with Gasteiger partial charge in [-0.15, -0.1) is 0 Å². The van der Waals surface area contributed by atoms with E-state index in [1.165, 1.54) is 19.0 Å². The van der Waals surface area contributed by atoms with Gasteiger partial charge in [0.25, 0.3) is 0 Å². The molecule has 3 nitrogen and oxygen atoms in total. The average Bonchev–Trinajstić information content (AvgIpc) is 2.33. The summed E-state index contributed by atoms with van der Waals surface area (Å²) < 4.78 is 0. The van der Waals surface area contributed by atoms with Crippen LogP contribution in [0.2, 0.25) is 5.15 Å². The normalized spacial score (nSPS) is 11.3. The van der Waals surface area contributed by atoms with Gasteiger partial charge in [0.2, 0.25) is 0 Å². The molecule has 2 N–H and O–H groups in total. The van der Waals surface area contributed by atoms with E-state index in [2.05, 4.69) is 30.7 Å². The molecule has 0 aliphatic carbocycles. The lowest BCUT2D eigenvalue weighted by Crippen LogP contribution is -2.06. The fourth-order valence-corrected chi connectivity index (χ4v) is 1.87. The van der Waals surface area contributed by atoms with E-state index >= 15 is 0 Å². The maximum absolute atomic E-state index is 5.68. The quantitative estimate of drug-likeness (QED) is 0.899. The van der Waals surface area contributed by atoms with Crippen LogP contribution >= 0.6 is 11.6 Å². The van der Waals surface area contributed by atoms with E-state index in [0.29, 0.717) is 11.7 Å². The minimum Gasteiger partial charge on any atom is -0.326 e. The summed E-state index contributed by atoms with van der Waals surface area (Å²) in [6.07, 6.45) is 6.17. The SMILES string of the molecule is C/C=C(/CN)c1ncc(Cl)nc1C.CCCC(C)C. The second-order valence-corrected chi connectivity index (χ2v) is 5.21. The van der Waals surface area contributed by atoms with Crippen molar-refractivity contribution in [1.82, 2.24) is 9.97 Å². The number of halogens is 1. The fourth-order valence-electron chi connectivity index (χ4n) is 1.70. The van der Waals surface area contributed by atoms with Crippen molar-refractivity contribution in [3.8, 4) is 0 Å². The molecular weight excluding hydrogens is 258 g/mol. The number of aryl methyl sites for hydroxylation is 1. The van der Waals surface area contributed by atoms with Crippen molar-refractivity contribution in [2.45, 2.75) is 47.5 Å². The molecule has 1 aromatic rings. The Morgan fingerprint density at radius 1 is 1.47 bits per heavy atom. The van der Waals surface area contributed by atoms with Gasteiger partial charge in [-0.3, -0.25) is 4.98 Å². The van der Waals surface area contributed by atoms with Gasteiger partial charge in [0, 0.05) is 6.54 Å². The average molecular weight is 284 g/mol. The highest BCUT2D eigenvalue weighted by Crippen LogP contribution is 2.15. The van der Waals surface area contributed by atoms with Crippen molar-refractivity contribution in [1.29, 1.82) is 0 Å². The Morgan fingerprint density at radius 2 is 2.11 bits per heavy atom. The molecule has 0 unspecified atom stereocenters. The second-order valence-electron chi connectivity index (χ2n) is 4.83. The van der Waals surface area contributed by atoms with Gasteiger partial charge in [0.1, 0.15) is 5.15 Å². The van der Waals surface area contributed by atoms with E-state index in [9.17, 15) is 0 Å². The molecule has 0 aliphatic rings. The number of hydrogen-bond acceptors (Lipinski definition) is 3. The first kappa shape index (κ1) is 18.1. The van der Waals surface area contributed by atoms with Gasteiger partial charge in [-0.05, 0) is 25.3 Å². The van der Waals surface area contributed by atoms with E-state index in [1.54, 1.807) is 0 Å². The van der Waals surface area contributed by atoms with Crippen molar-refractivity contribution in [3.63, 3.8) is 0 Å². The van der Waals surface area contributed by atoms with E-state index in [1.807, 2.05) is 19.9 Å². The molecule has 4 heteroatoms. The smallest absolute Gasteiger partial charge is 0.147 e. The molecular formula is C15H26ClN3. The number of nitrogens with zero attached hydrogens (tertiary/aromatic N) is 2. The van der Waals surface area contributed by atoms with E-state index in [0.717, 1.165) is 22.9 Å². The van der Waals surface area contributed by atoms with Crippen LogP contribution in [0.25, 0.3) is 5.57 Å². The Labute approximate surface area is 122 Å². The predicted octanol–water partition coefficient (Wildman–Crippen LogP) is 4.24. The molecule has 0 aliphatic heterocycles. The first-order valence-corrected chi connectivity index (χ1v) is 7.18. The number of allylic oxidation sites excluding steroid dienone is 1. The highest BCUT2D eigenvalue weighted by molar-refractivity contribution is 6.29. The molecule has 1 rings (SSSR count). The zero-order valence-electron chi connectivity index (χ0n) is 12.7. The number of nitrogens with two attached hydrogens (primary N) is 1. The topological polar surface area (TPSA) is 51.8 Å². The third-order valence-corrected chi connectivity index (χ3v) is 2.84. The van der Waals surface area contributed by atoms with Gasteiger partial charge in [0.05, 0.1) is 17.6 Å². The van der Waals surface area contributed by atoms with Gasteiger partial charge in [0.15, 0.2) is 0 Å². The number of aromatic nitrogens is 2. The number of hydrogen-bond donors (Lipinski definition) is 1. The maximum Gasteiger partial charge on any atom is 0.147 e. The van der Waals surface area contributed by atoms with Crippen molar-refractivity contribution in [3.05, 3.63) is 28.8 Å². The van der Waals surface area contributed by atoms with Crippen LogP contribution in [0.1, 0.15) is 51.9 Å². The highest BCUT2D eigenvalue weighted by atomic mass is 35.5. The van der Waals surface area contributed by atoms with Crippen LogP contribution in [-0.4, -0.2) is 16.5 Å². The molecule has 0 fully saturated rings. The molecule has 0 bridgehead atoms. The van der Waals surface area contributed by atoms with Gasteiger partial charge >= 0.3 is 0 Å². The highest BCUT2D eigenvalue weighted by Gasteiger charge is 2.05. The van der Waals surface area contributed by atoms with E-state index < -0.39 is 0 Å². The van der Waals surface area contributed by atoms with Gasteiger partial charge in [-0.1, -0.05) is 51.3 Å². The third kappa shape index (κ3) is 7.28. The van der Waals surface area contributed by atoms with Crippen molar-refractivity contribution < 1.29 is 0 Å². The Bertz CT molecular complexity index is 400. The van der Waals surface area contributed by atoms with Crippen LogP contribution < -0.4 is 5.73 Å². The summed E-state index contributed by atoms with van der Waals surface area (Å²) in [5.41, 5.74) is 8.18. The van der Waals surface area contributed by atoms with E-state index in [-0.39, 0.29) is 0 Å². The third-order valence-electron chi connectivity index (χ3n) is 2.66. The van der Waals surface area contributed by atoms with Gasteiger partial charge < -0.3 is 5.73 Å². The molecule has 0 atom stereocenters. The summed E-state index contributed by atoms with van der Waals surface area (Å²) in [6.45, 7) is 11.0. The lowest BCUT2D eigenvalue weighted by Gasteiger charge is -2.05. The zero-order valence-corrected chi connectivity index (χ0v) is 13.5. The van der Waals surface area contributed by atoms with Crippen LogP contribution in [0.5, 0.6) is 0 Å². The minimum absolute atomic E-state index is 0.411. The second kappa shape index (κ2) is 9.93. The largest absolute Gasteiger partial charge is 0.326 e. The molecule has 0 spiro atoms. The molecule has 1 heterocycles. The monoisotopic (exact) mass is 283 g/mol. The van der Waals surface area contributed by atoms with Crippen molar-refractivity contribution in [2.24, 2.45) is 11.7 Å². The van der Waals surface area contributed by atoms with Gasteiger partial charge in [-0.25, -0.2) is 4.98 Å². The maximum atomic E-state index is 5.68. The summed E-state index contributed by atoms with van der Waals surface area (Å²) in [7, 11) is 0. The van der Waals surface area contributed by atoms with Crippen molar-refractivity contribution >= 4 is 17.2 Å². The first-order valence-electron chi connectivity index (χ1n) is 6.80. The van der Waals surface area contributed by atoms with E-state index in [4.69, 9.17) is 17.3 Å². The Kier molecular flexibility index (Phi) is 9.44. The lowest BCUT2D eigenvalue weighted by molar-refractivity contribution is 0.576. The molecule has 19 heavy (non-hydrogen) atoms. The zero-order chi connectivity index (χ0) is 14.8. The molecule has 0 aromatic carbocycles. The number of rotatable bonds is 4. The molecule has 0 saturated carbocycles. The predicted molar refractivity (Wildman–Crippen MR) is 84.2 cm³/mol. The van der Waals surface area contributed by atoms with Crippen LogP contribution in [-0.2, 0) is 0 Å². The van der Waals surface area contributed by atoms with Crippen LogP contribution in [0.4, 0.5) is 0 Å². The summed E-state index contributed by atoms with van der Waals surface area (Å²) in [6, 6.07) is 0. The Balaban J connectivity index is 0.000000459. The molecule has 108 valence electrons. The minimum atomic E-state index is 0.411. The van der Waals surface area contributed by atoms with Crippen LogP contribution in [0.15, 0.2) is 12.3 Å². The van der Waals surface area contributed by atoms with Crippen LogP contribution in [0.3, 0.4) is 0 Å². The molecule has 1 aromatic heterocycles. The van der Waals surface area contributed by atoms with Crippen molar-refractivity contribution in [2.75, 3.05) is 6.54 Å². The summed E-state index contributed by atoms with van der Waals surface area (Å²) >= 11 is 5.68. The molecule has 0 amide bonds. The standard InChI is InChI=1S/C9H12ClN3.C6H14/c1-3-7(4-11)9-6(2)13-8(10)5-12-9;1-4-5-6(2)3/h3,5H,4,11H2,1-2H3;6H,4-5H2,1-3H3/b7-3-;. The van der Waals surface area contributed by atoms with Gasteiger partial charge in [-0.2, -0.15) is 0 Å². The Hall–Kier alpha value is -0.930. The molecule has 0 radical (unpaired) electrons.